The lowest BCUT2D eigenvalue weighted by Gasteiger charge is -2.19. The summed E-state index contributed by atoms with van der Waals surface area (Å²) in [7, 11) is 0. The highest BCUT2D eigenvalue weighted by molar-refractivity contribution is 5.76. The predicted molar refractivity (Wildman–Crippen MR) is 151 cm³/mol. The molecule has 1 heterocycles. The Balaban J connectivity index is 1.25. The van der Waals surface area contributed by atoms with Crippen molar-refractivity contribution in [3.8, 4) is 5.75 Å². The van der Waals surface area contributed by atoms with Crippen LogP contribution >= 0.6 is 0 Å². The van der Waals surface area contributed by atoms with E-state index in [0.29, 0.717) is 19.6 Å². The van der Waals surface area contributed by atoms with Crippen molar-refractivity contribution in [1.29, 1.82) is 0 Å². The number of nitrogens with zero attached hydrogens (tertiary/aromatic N) is 2. The topological polar surface area (TPSA) is 56.1 Å². The van der Waals surface area contributed by atoms with E-state index in [2.05, 4.69) is 85.3 Å². The van der Waals surface area contributed by atoms with Gasteiger partial charge in [-0.25, -0.2) is 4.98 Å². The summed E-state index contributed by atoms with van der Waals surface area (Å²) in [4.78, 5) is 17.1. The molecule has 1 amide bonds. The molecule has 0 aliphatic heterocycles. The molecule has 0 bridgehead atoms. The molecule has 0 fully saturated rings. The summed E-state index contributed by atoms with van der Waals surface area (Å²) >= 11 is 0. The van der Waals surface area contributed by atoms with Gasteiger partial charge in [-0.2, -0.15) is 0 Å². The van der Waals surface area contributed by atoms with Crippen molar-refractivity contribution in [3.63, 3.8) is 0 Å². The van der Waals surface area contributed by atoms with Crippen LogP contribution in [0.2, 0.25) is 0 Å². The van der Waals surface area contributed by atoms with Crippen LogP contribution in [0.3, 0.4) is 0 Å². The molecule has 0 saturated carbocycles. The first-order valence-corrected chi connectivity index (χ1v) is 13.4. The second-order valence-corrected chi connectivity index (χ2v) is 10.6. The van der Waals surface area contributed by atoms with Crippen molar-refractivity contribution in [2.75, 3.05) is 13.2 Å². The number of carbonyl (C=O) groups is 1. The van der Waals surface area contributed by atoms with Gasteiger partial charge in [-0.3, -0.25) is 4.79 Å². The third-order valence-corrected chi connectivity index (χ3v) is 6.63. The molecule has 1 aromatic heterocycles. The summed E-state index contributed by atoms with van der Waals surface area (Å²) in [6, 6.07) is 26.8. The highest BCUT2D eigenvalue weighted by Gasteiger charge is 2.13. The quantitative estimate of drug-likeness (QED) is 0.228. The van der Waals surface area contributed by atoms with Crippen molar-refractivity contribution in [1.82, 2.24) is 14.9 Å². The molecule has 0 spiro atoms. The van der Waals surface area contributed by atoms with Crippen molar-refractivity contribution >= 4 is 16.9 Å². The monoisotopic (exact) mass is 497 g/mol. The number of ether oxygens (including phenoxy) is 1. The average Bonchev–Trinajstić information content (AvgIpc) is 3.25. The molecule has 37 heavy (non-hydrogen) atoms. The number of nitrogens with one attached hydrogen (secondary N) is 1. The smallest absolute Gasteiger partial charge is 0.220 e. The molecular weight excluding hydrogens is 458 g/mol. The summed E-state index contributed by atoms with van der Waals surface area (Å²) in [5.41, 5.74) is 4.81. The first kappa shape index (κ1) is 26.5. The van der Waals surface area contributed by atoms with Crippen LogP contribution in [0, 0.1) is 0 Å². The summed E-state index contributed by atoms with van der Waals surface area (Å²) in [6.45, 7) is 8.81. The predicted octanol–water partition coefficient (Wildman–Crippen LogP) is 6.48. The zero-order chi connectivity index (χ0) is 26.1. The lowest BCUT2D eigenvalue weighted by Crippen LogP contribution is -2.25. The maximum absolute atomic E-state index is 12.2. The Bertz CT molecular complexity index is 1270. The van der Waals surface area contributed by atoms with E-state index in [9.17, 15) is 4.79 Å². The fraction of sp³-hybridized carbons (Fsp3) is 0.375. The second-order valence-electron chi connectivity index (χ2n) is 10.6. The van der Waals surface area contributed by atoms with Gasteiger partial charge in [0.2, 0.25) is 5.91 Å². The SMILES string of the molecule is CC(C)(C)c1ccc(OCCCn2c(CCCNC(=O)CCc3ccccc3)nc3ccccc32)cc1. The van der Waals surface area contributed by atoms with Gasteiger partial charge in [0.25, 0.3) is 0 Å². The highest BCUT2D eigenvalue weighted by atomic mass is 16.5. The summed E-state index contributed by atoms with van der Waals surface area (Å²) in [5, 5.41) is 3.06. The number of fused-ring (bicyclic) bond motifs is 1. The Kier molecular flexibility index (Phi) is 8.99. The summed E-state index contributed by atoms with van der Waals surface area (Å²) in [5.74, 6) is 2.08. The molecule has 0 aliphatic carbocycles. The van der Waals surface area contributed by atoms with E-state index in [1.165, 1.54) is 11.1 Å². The van der Waals surface area contributed by atoms with Crippen molar-refractivity contribution in [2.24, 2.45) is 0 Å². The van der Waals surface area contributed by atoms with Gasteiger partial charge in [-0.1, -0.05) is 75.4 Å². The fourth-order valence-corrected chi connectivity index (χ4v) is 4.49. The third kappa shape index (κ3) is 7.69. The maximum Gasteiger partial charge on any atom is 0.220 e. The number of aryl methyl sites for hydroxylation is 3. The lowest BCUT2D eigenvalue weighted by atomic mass is 9.87. The molecule has 0 radical (unpaired) electrons. The molecule has 3 aromatic carbocycles. The van der Waals surface area contributed by atoms with E-state index >= 15 is 0 Å². The van der Waals surface area contributed by atoms with Crippen molar-refractivity contribution < 1.29 is 9.53 Å². The van der Waals surface area contributed by atoms with Crippen LogP contribution in [0.1, 0.15) is 57.0 Å². The van der Waals surface area contributed by atoms with Crippen LogP contribution in [0.5, 0.6) is 5.75 Å². The second kappa shape index (κ2) is 12.6. The van der Waals surface area contributed by atoms with Gasteiger partial charge >= 0.3 is 0 Å². The van der Waals surface area contributed by atoms with Gasteiger partial charge in [0.05, 0.1) is 17.6 Å². The number of amides is 1. The van der Waals surface area contributed by atoms with Gasteiger partial charge < -0.3 is 14.6 Å². The van der Waals surface area contributed by atoms with Gasteiger partial charge in [0.1, 0.15) is 11.6 Å². The van der Waals surface area contributed by atoms with E-state index in [0.717, 1.165) is 54.8 Å². The molecule has 4 rings (SSSR count). The summed E-state index contributed by atoms with van der Waals surface area (Å²) < 4.78 is 8.33. The van der Waals surface area contributed by atoms with Crippen molar-refractivity contribution in [2.45, 2.75) is 64.8 Å². The standard InChI is InChI=1S/C32H39N3O2/c1-32(2,3)26-17-19-27(20-18-26)37-24-10-23-35-29-14-8-7-13-28(29)34-30(35)15-9-22-33-31(36)21-16-25-11-5-4-6-12-25/h4-8,11-14,17-20H,9-10,15-16,21-24H2,1-3H3,(H,33,36). The number of hydrogen-bond acceptors (Lipinski definition) is 3. The zero-order valence-corrected chi connectivity index (χ0v) is 22.4. The molecule has 194 valence electrons. The van der Waals surface area contributed by atoms with Crippen LogP contribution in [0.4, 0.5) is 0 Å². The molecule has 1 N–H and O–H groups in total. The van der Waals surface area contributed by atoms with E-state index in [4.69, 9.17) is 9.72 Å². The van der Waals surface area contributed by atoms with E-state index in [-0.39, 0.29) is 11.3 Å². The number of rotatable bonds is 12. The number of benzene rings is 3. The lowest BCUT2D eigenvalue weighted by molar-refractivity contribution is -0.121. The number of imidazole rings is 1. The minimum atomic E-state index is 0.102. The van der Waals surface area contributed by atoms with E-state index in [1.807, 2.05) is 24.3 Å². The first-order valence-electron chi connectivity index (χ1n) is 13.4. The molecule has 0 aliphatic rings. The van der Waals surface area contributed by atoms with Crippen LogP contribution in [0.25, 0.3) is 11.0 Å². The summed E-state index contributed by atoms with van der Waals surface area (Å²) in [6.07, 6.45) is 3.86. The molecule has 4 aromatic rings. The number of para-hydroxylation sites is 2. The molecular formula is C32H39N3O2. The average molecular weight is 498 g/mol. The number of carbonyl (C=O) groups excluding carboxylic acids is 1. The van der Waals surface area contributed by atoms with Gasteiger partial charge in [-0.15, -0.1) is 0 Å². The first-order chi connectivity index (χ1) is 17.9. The zero-order valence-electron chi connectivity index (χ0n) is 22.4. The van der Waals surface area contributed by atoms with Crippen LogP contribution < -0.4 is 10.1 Å². The molecule has 0 unspecified atom stereocenters. The molecule has 0 atom stereocenters. The Morgan fingerprint density at radius 2 is 1.62 bits per heavy atom. The fourth-order valence-electron chi connectivity index (χ4n) is 4.49. The highest BCUT2D eigenvalue weighted by Crippen LogP contribution is 2.24. The Hall–Kier alpha value is -3.60. The number of hydrogen-bond donors (Lipinski definition) is 1. The van der Waals surface area contributed by atoms with Crippen LogP contribution in [-0.2, 0) is 29.6 Å². The minimum absolute atomic E-state index is 0.102. The van der Waals surface area contributed by atoms with Gasteiger partial charge in [0, 0.05) is 25.9 Å². The van der Waals surface area contributed by atoms with Crippen LogP contribution in [-0.4, -0.2) is 28.6 Å². The van der Waals surface area contributed by atoms with Crippen molar-refractivity contribution in [3.05, 3.63) is 95.8 Å². The largest absolute Gasteiger partial charge is 0.494 e. The number of aromatic nitrogens is 2. The molecule has 5 heteroatoms. The van der Waals surface area contributed by atoms with E-state index in [1.54, 1.807) is 0 Å². The Morgan fingerprint density at radius 3 is 2.38 bits per heavy atom. The molecule has 0 saturated heterocycles. The normalized spacial score (nSPS) is 11.5. The van der Waals surface area contributed by atoms with Gasteiger partial charge in [0.15, 0.2) is 0 Å². The van der Waals surface area contributed by atoms with Crippen LogP contribution in [0.15, 0.2) is 78.9 Å². The van der Waals surface area contributed by atoms with Gasteiger partial charge in [-0.05, 0) is 60.1 Å². The maximum atomic E-state index is 12.2. The third-order valence-electron chi connectivity index (χ3n) is 6.63. The van der Waals surface area contributed by atoms with E-state index < -0.39 is 0 Å². The minimum Gasteiger partial charge on any atom is -0.494 e. The Labute approximate surface area is 220 Å². The molecule has 5 nitrogen and oxygen atoms in total. The Morgan fingerprint density at radius 1 is 0.892 bits per heavy atom.